The van der Waals surface area contributed by atoms with Crippen LogP contribution in [0, 0.1) is 0 Å². The molecule has 21 heavy (non-hydrogen) atoms. The maximum atomic E-state index is 12.3. The van der Waals surface area contributed by atoms with Crippen molar-refractivity contribution >= 4 is 16.9 Å². The summed E-state index contributed by atoms with van der Waals surface area (Å²) in [6, 6.07) is 7.01. The first kappa shape index (κ1) is 11.7. The summed E-state index contributed by atoms with van der Waals surface area (Å²) in [6.45, 7) is 0. The Labute approximate surface area is 116 Å². The van der Waals surface area contributed by atoms with Gasteiger partial charge in [0.2, 0.25) is 5.78 Å². The minimum absolute atomic E-state index is 0.0167. The third-order valence-corrected chi connectivity index (χ3v) is 3.58. The number of benzene rings is 1. The first-order valence-electron chi connectivity index (χ1n) is 6.23. The monoisotopic (exact) mass is 280 g/mol. The molecule has 0 aliphatic heterocycles. The van der Waals surface area contributed by atoms with Crippen molar-refractivity contribution in [3.63, 3.8) is 0 Å². The van der Waals surface area contributed by atoms with E-state index in [9.17, 15) is 14.4 Å². The van der Waals surface area contributed by atoms with Gasteiger partial charge in [-0.2, -0.15) is 0 Å². The number of fused-ring (bicyclic) bond motifs is 4. The van der Waals surface area contributed by atoms with Crippen molar-refractivity contribution in [2.75, 3.05) is 0 Å². The van der Waals surface area contributed by atoms with Crippen molar-refractivity contribution in [3.05, 3.63) is 56.4 Å². The fourth-order valence-electron chi connectivity index (χ4n) is 2.51. The fraction of sp³-hybridized carbons (Fsp3) is 0.0714. The lowest BCUT2D eigenvalue weighted by atomic mass is 10.1. The Morgan fingerprint density at radius 3 is 2.48 bits per heavy atom. The van der Waals surface area contributed by atoms with Gasteiger partial charge in [-0.05, 0) is 0 Å². The van der Waals surface area contributed by atoms with Gasteiger partial charge >= 0.3 is 5.69 Å². The van der Waals surface area contributed by atoms with Crippen molar-refractivity contribution in [3.8, 4) is 11.3 Å². The van der Waals surface area contributed by atoms with E-state index >= 15 is 0 Å². The van der Waals surface area contributed by atoms with E-state index in [1.807, 2.05) is 0 Å². The Kier molecular flexibility index (Phi) is 2.08. The fourth-order valence-corrected chi connectivity index (χ4v) is 2.51. The van der Waals surface area contributed by atoms with E-state index in [-0.39, 0.29) is 22.6 Å². The number of hydrogen-bond donors (Lipinski definition) is 1. The lowest BCUT2D eigenvalue weighted by molar-refractivity contribution is 0.103. The minimum Gasteiger partial charge on any atom is -0.287 e. The molecule has 0 unspecified atom stereocenters. The Morgan fingerprint density at radius 1 is 1.00 bits per heavy atom. The van der Waals surface area contributed by atoms with Crippen molar-refractivity contribution in [2.24, 2.45) is 7.05 Å². The summed E-state index contributed by atoms with van der Waals surface area (Å²) in [6.07, 6.45) is 0. The largest absolute Gasteiger partial charge is 0.329 e. The second-order valence-corrected chi connectivity index (χ2v) is 4.79. The van der Waals surface area contributed by atoms with Crippen LogP contribution in [-0.2, 0) is 7.05 Å². The van der Waals surface area contributed by atoms with Gasteiger partial charge in [-0.1, -0.05) is 24.3 Å². The number of aromatic amines is 1. The van der Waals surface area contributed by atoms with Gasteiger partial charge in [0.25, 0.3) is 5.56 Å². The summed E-state index contributed by atoms with van der Waals surface area (Å²) in [5.74, 6) is -0.261. The smallest absolute Gasteiger partial charge is 0.287 e. The van der Waals surface area contributed by atoms with Crippen LogP contribution < -0.4 is 11.2 Å². The van der Waals surface area contributed by atoms with Crippen LogP contribution in [0.1, 0.15) is 16.1 Å². The molecule has 2 heterocycles. The minimum atomic E-state index is -0.646. The summed E-state index contributed by atoms with van der Waals surface area (Å²) in [5.41, 5.74) is 0.649. The molecule has 0 spiro atoms. The summed E-state index contributed by atoms with van der Waals surface area (Å²) < 4.78 is 1.20. The number of aromatic nitrogens is 4. The molecule has 1 aliphatic carbocycles. The van der Waals surface area contributed by atoms with Crippen molar-refractivity contribution in [1.82, 2.24) is 19.5 Å². The molecule has 3 aromatic rings. The van der Waals surface area contributed by atoms with E-state index in [4.69, 9.17) is 0 Å². The van der Waals surface area contributed by atoms with Crippen LogP contribution in [0.3, 0.4) is 0 Å². The zero-order valence-corrected chi connectivity index (χ0v) is 10.9. The molecule has 2 aromatic heterocycles. The summed E-state index contributed by atoms with van der Waals surface area (Å²) in [7, 11) is 1.49. The van der Waals surface area contributed by atoms with Gasteiger partial charge in [0.15, 0.2) is 11.2 Å². The first-order valence-corrected chi connectivity index (χ1v) is 6.23. The second-order valence-electron chi connectivity index (χ2n) is 4.79. The molecule has 0 fully saturated rings. The standard InChI is InChI=1S/C14H8N4O3/c1-18-12-10(13(20)17-14(18)21)15-9-8(16-12)6-4-2-3-5-7(6)11(9)19/h2-5H,1H3,(H,17,20,21). The van der Waals surface area contributed by atoms with E-state index in [0.717, 1.165) is 0 Å². The molecule has 0 atom stereocenters. The van der Waals surface area contributed by atoms with E-state index in [2.05, 4.69) is 15.0 Å². The van der Waals surface area contributed by atoms with Crippen LogP contribution >= 0.6 is 0 Å². The molecule has 1 aromatic carbocycles. The van der Waals surface area contributed by atoms with Gasteiger partial charge in [-0.3, -0.25) is 19.1 Å². The van der Waals surface area contributed by atoms with Gasteiger partial charge < -0.3 is 0 Å². The number of ketones is 1. The quantitative estimate of drug-likeness (QED) is 0.497. The lowest BCUT2D eigenvalue weighted by Crippen LogP contribution is -2.30. The predicted octanol–water partition coefficient (Wildman–Crippen LogP) is 0.228. The lowest BCUT2D eigenvalue weighted by Gasteiger charge is -2.04. The summed E-state index contributed by atoms with van der Waals surface area (Å²) >= 11 is 0. The van der Waals surface area contributed by atoms with Gasteiger partial charge in [0, 0.05) is 18.2 Å². The van der Waals surface area contributed by atoms with Crippen LogP contribution in [0.2, 0.25) is 0 Å². The average molecular weight is 280 g/mol. The molecule has 102 valence electrons. The Bertz CT molecular complexity index is 1060. The van der Waals surface area contributed by atoms with E-state index in [0.29, 0.717) is 16.8 Å². The topological polar surface area (TPSA) is 97.7 Å². The number of aryl methyl sites for hydroxylation is 1. The number of hydrogen-bond acceptors (Lipinski definition) is 5. The average Bonchev–Trinajstić information content (AvgIpc) is 2.77. The third-order valence-electron chi connectivity index (χ3n) is 3.58. The highest BCUT2D eigenvalue weighted by atomic mass is 16.2. The van der Waals surface area contributed by atoms with Crippen LogP contribution in [0.25, 0.3) is 22.4 Å². The van der Waals surface area contributed by atoms with Gasteiger partial charge in [0.1, 0.15) is 11.4 Å². The molecule has 7 heteroatoms. The number of nitrogens with zero attached hydrogens (tertiary/aromatic N) is 3. The van der Waals surface area contributed by atoms with Crippen LogP contribution in [-0.4, -0.2) is 25.3 Å². The summed E-state index contributed by atoms with van der Waals surface area (Å²) in [4.78, 5) is 46.4. The molecule has 1 N–H and O–H groups in total. The molecule has 1 aliphatic rings. The Morgan fingerprint density at radius 2 is 1.71 bits per heavy atom. The maximum Gasteiger partial charge on any atom is 0.329 e. The molecule has 0 radical (unpaired) electrons. The number of carbonyl (C=O) groups excluding carboxylic acids is 1. The van der Waals surface area contributed by atoms with E-state index in [1.165, 1.54) is 11.6 Å². The van der Waals surface area contributed by atoms with Crippen molar-refractivity contribution in [2.45, 2.75) is 0 Å². The number of nitrogens with one attached hydrogen (secondary N) is 1. The predicted molar refractivity (Wildman–Crippen MR) is 74.3 cm³/mol. The number of H-pyrrole nitrogens is 1. The summed E-state index contributed by atoms with van der Waals surface area (Å²) in [5, 5.41) is 0. The van der Waals surface area contributed by atoms with E-state index in [1.54, 1.807) is 24.3 Å². The number of carbonyl (C=O) groups is 1. The molecule has 4 rings (SSSR count). The molecular weight excluding hydrogens is 272 g/mol. The third kappa shape index (κ3) is 1.40. The SMILES string of the molecule is Cn1c(=O)[nH]c(=O)c2nc3c(nc21)-c1ccccc1C3=O. The van der Waals surface area contributed by atoms with Crippen LogP contribution in [0.5, 0.6) is 0 Å². The van der Waals surface area contributed by atoms with Crippen molar-refractivity contribution in [1.29, 1.82) is 0 Å². The highest BCUT2D eigenvalue weighted by Gasteiger charge is 2.30. The Hall–Kier alpha value is -3.09. The molecule has 0 amide bonds. The van der Waals surface area contributed by atoms with Gasteiger partial charge in [-0.15, -0.1) is 0 Å². The maximum absolute atomic E-state index is 12.3. The molecule has 0 bridgehead atoms. The van der Waals surface area contributed by atoms with Gasteiger partial charge in [-0.25, -0.2) is 14.8 Å². The van der Waals surface area contributed by atoms with Crippen LogP contribution in [0.4, 0.5) is 0 Å². The van der Waals surface area contributed by atoms with Crippen LogP contribution in [0.15, 0.2) is 33.9 Å². The normalized spacial score (nSPS) is 12.5. The van der Waals surface area contributed by atoms with E-state index < -0.39 is 11.2 Å². The highest BCUT2D eigenvalue weighted by molar-refractivity contribution is 6.20. The highest BCUT2D eigenvalue weighted by Crippen LogP contribution is 2.34. The van der Waals surface area contributed by atoms with Crippen molar-refractivity contribution < 1.29 is 4.79 Å². The zero-order valence-electron chi connectivity index (χ0n) is 10.9. The zero-order chi connectivity index (χ0) is 14.7. The molecule has 7 nitrogen and oxygen atoms in total. The number of rotatable bonds is 0. The van der Waals surface area contributed by atoms with Gasteiger partial charge in [0.05, 0.1) is 0 Å². The molecule has 0 saturated carbocycles. The Balaban J connectivity index is 2.22. The second kappa shape index (κ2) is 3.72. The first-order chi connectivity index (χ1) is 10.1. The molecule has 0 saturated heterocycles. The molecular formula is C14H8N4O3.